The molecule has 14 heavy (non-hydrogen) atoms. The molecule has 0 unspecified atom stereocenters. The second kappa shape index (κ2) is 3.69. The molecule has 76 valence electrons. The summed E-state index contributed by atoms with van der Waals surface area (Å²) in [4.78, 5) is 13.1. The summed E-state index contributed by atoms with van der Waals surface area (Å²) in [6, 6.07) is 0. The number of nitrogens with zero attached hydrogens (tertiary/aromatic N) is 1. The lowest BCUT2D eigenvalue weighted by Crippen LogP contribution is -2.41. The van der Waals surface area contributed by atoms with Gasteiger partial charge in [0.05, 0.1) is 11.2 Å². The van der Waals surface area contributed by atoms with Gasteiger partial charge in [-0.25, -0.2) is 4.79 Å². The number of hydrogen-bond donors (Lipinski definition) is 0. The van der Waals surface area contributed by atoms with Crippen LogP contribution in [0.2, 0.25) is 0 Å². The summed E-state index contributed by atoms with van der Waals surface area (Å²) in [6.45, 7) is 7.85. The van der Waals surface area contributed by atoms with Crippen molar-refractivity contribution in [1.29, 1.82) is 0 Å². The first-order valence-corrected chi connectivity index (χ1v) is 4.48. The Kier molecular flexibility index (Phi) is 2.95. The van der Waals surface area contributed by atoms with Gasteiger partial charge in [-0.1, -0.05) is 0 Å². The first-order chi connectivity index (χ1) is 6.39. The molecule has 1 aliphatic rings. The fraction of sp³-hybridized carbons (Fsp3) is 0.667. The molecule has 0 atom stereocenters. The molecule has 1 rings (SSSR count). The van der Waals surface area contributed by atoms with Gasteiger partial charge < -0.3 is 9.31 Å². The minimum absolute atomic E-state index is 0.354. The predicted molar refractivity (Wildman–Crippen MR) is 53.3 cm³/mol. The van der Waals surface area contributed by atoms with E-state index in [4.69, 9.17) is 9.31 Å². The molecule has 0 saturated carbocycles. The van der Waals surface area contributed by atoms with Crippen LogP contribution in [0.3, 0.4) is 0 Å². The molecule has 5 heteroatoms. The minimum Gasteiger partial charge on any atom is -0.400 e. The summed E-state index contributed by atoms with van der Waals surface area (Å²) in [5.74, 6) is 1.58. The number of hydrogen-bond acceptors (Lipinski definition) is 4. The van der Waals surface area contributed by atoms with Crippen LogP contribution >= 0.6 is 0 Å². The highest BCUT2D eigenvalue weighted by Crippen LogP contribution is 2.36. The molecular weight excluding hydrogens is 181 g/mol. The molecule has 1 saturated heterocycles. The zero-order valence-electron chi connectivity index (χ0n) is 8.90. The third-order valence-corrected chi connectivity index (χ3v) is 2.64. The van der Waals surface area contributed by atoms with Crippen LogP contribution < -0.4 is 0 Å². The summed E-state index contributed by atoms with van der Waals surface area (Å²) in [5.41, 5.74) is -0.709. The monoisotopic (exact) mass is 195 g/mol. The standard InChI is InChI=1S/C9H14BNO3/c1-8(2)9(3,4)14-10(13-8)5-6-11-7-12/h5-6H,1-4H3/b6-5+. The molecule has 0 aromatic rings. The van der Waals surface area contributed by atoms with Gasteiger partial charge in [-0.15, -0.1) is 0 Å². The lowest BCUT2D eigenvalue weighted by atomic mass is 9.90. The van der Waals surface area contributed by atoms with E-state index in [-0.39, 0.29) is 11.2 Å². The van der Waals surface area contributed by atoms with Gasteiger partial charge in [0, 0.05) is 6.20 Å². The van der Waals surface area contributed by atoms with Crippen molar-refractivity contribution in [3.05, 3.63) is 12.2 Å². The second-order valence-corrected chi connectivity index (χ2v) is 4.19. The van der Waals surface area contributed by atoms with Gasteiger partial charge >= 0.3 is 7.12 Å². The number of aliphatic imine (C=N–C) groups is 1. The Morgan fingerprint density at radius 2 is 1.71 bits per heavy atom. The van der Waals surface area contributed by atoms with Crippen LogP contribution in [0.4, 0.5) is 0 Å². The van der Waals surface area contributed by atoms with E-state index in [1.165, 1.54) is 12.3 Å². The quantitative estimate of drug-likeness (QED) is 0.380. The average Bonchev–Trinajstić information content (AvgIpc) is 2.21. The minimum atomic E-state index is -0.447. The topological polar surface area (TPSA) is 47.9 Å². The summed E-state index contributed by atoms with van der Waals surface area (Å²) in [7, 11) is -0.447. The van der Waals surface area contributed by atoms with E-state index in [1.54, 1.807) is 5.98 Å². The van der Waals surface area contributed by atoms with Crippen LogP contribution in [-0.4, -0.2) is 24.4 Å². The Morgan fingerprint density at radius 1 is 1.21 bits per heavy atom. The van der Waals surface area contributed by atoms with Crippen molar-refractivity contribution in [2.75, 3.05) is 0 Å². The van der Waals surface area contributed by atoms with Crippen molar-refractivity contribution in [3.8, 4) is 0 Å². The van der Waals surface area contributed by atoms with Crippen LogP contribution in [-0.2, 0) is 14.1 Å². The summed E-state index contributed by atoms with van der Waals surface area (Å²) >= 11 is 0. The van der Waals surface area contributed by atoms with Crippen molar-refractivity contribution >= 4 is 13.2 Å². The van der Waals surface area contributed by atoms with Crippen LogP contribution in [0.15, 0.2) is 17.2 Å². The van der Waals surface area contributed by atoms with E-state index in [9.17, 15) is 4.79 Å². The second-order valence-electron chi connectivity index (χ2n) is 4.19. The third kappa shape index (κ3) is 2.12. The Bertz CT molecular complexity index is 276. The summed E-state index contributed by atoms with van der Waals surface area (Å²) in [5, 5.41) is 0. The average molecular weight is 195 g/mol. The van der Waals surface area contributed by atoms with Crippen molar-refractivity contribution in [2.45, 2.75) is 38.9 Å². The van der Waals surface area contributed by atoms with E-state index in [0.29, 0.717) is 0 Å². The van der Waals surface area contributed by atoms with E-state index < -0.39 is 7.12 Å². The fourth-order valence-electron chi connectivity index (χ4n) is 1.11. The first kappa shape index (κ1) is 11.2. The smallest absolute Gasteiger partial charge is 0.400 e. The molecule has 0 radical (unpaired) electrons. The predicted octanol–water partition coefficient (Wildman–Crippen LogP) is 1.47. The maximum Gasteiger partial charge on any atom is 0.488 e. The molecule has 0 aliphatic carbocycles. The largest absolute Gasteiger partial charge is 0.488 e. The lowest BCUT2D eigenvalue weighted by molar-refractivity contribution is 0.00578. The van der Waals surface area contributed by atoms with Crippen LogP contribution in [0, 0.1) is 0 Å². The van der Waals surface area contributed by atoms with Crippen molar-refractivity contribution < 1.29 is 14.1 Å². The molecule has 0 spiro atoms. The lowest BCUT2D eigenvalue weighted by Gasteiger charge is -2.32. The highest BCUT2D eigenvalue weighted by Gasteiger charge is 2.49. The molecule has 0 amide bonds. The van der Waals surface area contributed by atoms with Crippen molar-refractivity contribution in [1.82, 2.24) is 0 Å². The van der Waals surface area contributed by atoms with Gasteiger partial charge in [-0.05, 0) is 33.7 Å². The molecule has 1 fully saturated rings. The molecule has 1 heterocycles. The van der Waals surface area contributed by atoms with Gasteiger partial charge in [-0.2, -0.15) is 4.99 Å². The summed E-state index contributed by atoms with van der Waals surface area (Å²) in [6.07, 6.45) is 2.74. The molecule has 0 bridgehead atoms. The molecule has 1 aliphatic heterocycles. The first-order valence-electron chi connectivity index (χ1n) is 4.48. The molecular formula is C9H14BNO3. The molecule has 0 aromatic heterocycles. The number of rotatable bonds is 2. The highest BCUT2D eigenvalue weighted by molar-refractivity contribution is 6.51. The van der Waals surface area contributed by atoms with E-state index in [1.807, 2.05) is 27.7 Å². The molecule has 0 N–H and O–H groups in total. The van der Waals surface area contributed by atoms with Crippen LogP contribution in [0.5, 0.6) is 0 Å². The molecule has 4 nitrogen and oxygen atoms in total. The number of isocyanates is 1. The Balaban J connectivity index is 2.68. The van der Waals surface area contributed by atoms with Gasteiger partial charge in [0.25, 0.3) is 0 Å². The maximum absolute atomic E-state index is 9.81. The van der Waals surface area contributed by atoms with E-state index >= 15 is 0 Å². The molecule has 0 aromatic carbocycles. The maximum atomic E-state index is 9.81. The van der Waals surface area contributed by atoms with Gasteiger partial charge in [0.15, 0.2) is 0 Å². The zero-order chi connectivity index (χ0) is 10.8. The highest BCUT2D eigenvalue weighted by atomic mass is 16.7. The van der Waals surface area contributed by atoms with Crippen molar-refractivity contribution in [3.63, 3.8) is 0 Å². The zero-order valence-corrected chi connectivity index (χ0v) is 8.90. The van der Waals surface area contributed by atoms with Gasteiger partial charge in [0.1, 0.15) is 0 Å². The number of carbonyl (C=O) groups excluding carboxylic acids is 1. The fourth-order valence-corrected chi connectivity index (χ4v) is 1.11. The SMILES string of the molecule is CC1(C)OB(/C=C/N=C=O)OC1(C)C. The van der Waals surface area contributed by atoms with Gasteiger partial charge in [0.2, 0.25) is 6.08 Å². The van der Waals surface area contributed by atoms with Crippen molar-refractivity contribution in [2.24, 2.45) is 4.99 Å². The third-order valence-electron chi connectivity index (χ3n) is 2.64. The summed E-state index contributed by atoms with van der Waals surface area (Å²) < 4.78 is 11.2. The Labute approximate surface area is 84.1 Å². The Morgan fingerprint density at radius 3 is 2.14 bits per heavy atom. The Hall–Kier alpha value is -0.895. The van der Waals surface area contributed by atoms with E-state index in [0.717, 1.165) is 0 Å². The van der Waals surface area contributed by atoms with Crippen LogP contribution in [0.25, 0.3) is 0 Å². The van der Waals surface area contributed by atoms with Gasteiger partial charge in [-0.3, -0.25) is 0 Å². The van der Waals surface area contributed by atoms with Crippen LogP contribution in [0.1, 0.15) is 27.7 Å². The van der Waals surface area contributed by atoms with E-state index in [2.05, 4.69) is 4.99 Å². The normalized spacial score (nSPS) is 23.9.